The van der Waals surface area contributed by atoms with Crippen molar-refractivity contribution in [3.8, 4) is 11.5 Å². The maximum absolute atomic E-state index is 6.01. The second kappa shape index (κ2) is 6.08. The Labute approximate surface area is 126 Å². The zero-order valence-electron chi connectivity index (χ0n) is 12.6. The first-order valence-corrected chi connectivity index (χ1v) is 7.70. The van der Waals surface area contributed by atoms with Crippen molar-refractivity contribution >= 4 is 0 Å². The molecule has 1 aliphatic heterocycles. The SMILES string of the molecule is CC(CN)(CCc1ccc2c(c1)OCO2)NC1CC=CC1. The molecule has 4 heteroatoms. The van der Waals surface area contributed by atoms with Crippen molar-refractivity contribution in [2.45, 2.75) is 44.2 Å². The first-order valence-electron chi connectivity index (χ1n) is 7.70. The van der Waals surface area contributed by atoms with E-state index < -0.39 is 0 Å². The Balaban J connectivity index is 1.59. The first-order chi connectivity index (χ1) is 10.2. The summed E-state index contributed by atoms with van der Waals surface area (Å²) in [5, 5.41) is 3.72. The minimum atomic E-state index is -0.0208. The molecule has 1 atom stereocenters. The fourth-order valence-electron chi connectivity index (χ4n) is 2.98. The first kappa shape index (κ1) is 14.4. The lowest BCUT2D eigenvalue weighted by Crippen LogP contribution is -2.52. The lowest BCUT2D eigenvalue weighted by molar-refractivity contribution is 0.174. The van der Waals surface area contributed by atoms with Crippen molar-refractivity contribution in [2.75, 3.05) is 13.3 Å². The molecule has 1 heterocycles. The van der Waals surface area contributed by atoms with Gasteiger partial charge < -0.3 is 20.5 Å². The number of rotatable bonds is 6. The molecule has 3 N–H and O–H groups in total. The highest BCUT2D eigenvalue weighted by Gasteiger charge is 2.26. The molecule has 0 spiro atoms. The van der Waals surface area contributed by atoms with Gasteiger partial charge in [0.05, 0.1) is 0 Å². The Kier molecular flexibility index (Phi) is 4.17. The van der Waals surface area contributed by atoms with Crippen LogP contribution in [0.2, 0.25) is 0 Å². The van der Waals surface area contributed by atoms with Gasteiger partial charge in [-0.15, -0.1) is 0 Å². The standard InChI is InChI=1S/C17H24N2O2/c1-17(11-18,19-14-4-2-3-5-14)9-8-13-6-7-15-16(10-13)21-12-20-15/h2-3,6-7,10,14,19H,4-5,8-9,11-12,18H2,1H3. The van der Waals surface area contributed by atoms with Gasteiger partial charge in [0.15, 0.2) is 11.5 Å². The van der Waals surface area contributed by atoms with E-state index in [4.69, 9.17) is 15.2 Å². The number of nitrogens with two attached hydrogens (primary N) is 1. The van der Waals surface area contributed by atoms with Crippen molar-refractivity contribution in [3.05, 3.63) is 35.9 Å². The molecule has 0 aromatic heterocycles. The summed E-state index contributed by atoms with van der Waals surface area (Å²) in [5.74, 6) is 1.70. The van der Waals surface area contributed by atoms with Crippen LogP contribution in [0.5, 0.6) is 11.5 Å². The van der Waals surface area contributed by atoms with Gasteiger partial charge in [-0.1, -0.05) is 18.2 Å². The second-order valence-electron chi connectivity index (χ2n) is 6.24. The minimum absolute atomic E-state index is 0.0208. The van der Waals surface area contributed by atoms with Crippen LogP contribution in [0.1, 0.15) is 31.7 Å². The van der Waals surface area contributed by atoms with Crippen LogP contribution in [0.15, 0.2) is 30.4 Å². The molecule has 2 aliphatic rings. The van der Waals surface area contributed by atoms with E-state index in [1.165, 1.54) is 5.56 Å². The van der Waals surface area contributed by atoms with Crippen LogP contribution in [0.3, 0.4) is 0 Å². The third-order valence-corrected chi connectivity index (χ3v) is 4.41. The lowest BCUT2D eigenvalue weighted by Gasteiger charge is -2.33. The summed E-state index contributed by atoms with van der Waals surface area (Å²) in [6.45, 7) is 3.20. The topological polar surface area (TPSA) is 56.5 Å². The van der Waals surface area contributed by atoms with Crippen LogP contribution in [0.4, 0.5) is 0 Å². The number of nitrogens with one attached hydrogen (secondary N) is 1. The molecule has 0 saturated carbocycles. The van der Waals surface area contributed by atoms with E-state index in [9.17, 15) is 0 Å². The second-order valence-corrected chi connectivity index (χ2v) is 6.24. The molecular weight excluding hydrogens is 264 g/mol. The van der Waals surface area contributed by atoms with Crippen LogP contribution >= 0.6 is 0 Å². The molecule has 0 amide bonds. The van der Waals surface area contributed by atoms with Crippen molar-refractivity contribution in [1.82, 2.24) is 5.32 Å². The normalized spacial score (nSPS) is 19.9. The zero-order valence-corrected chi connectivity index (χ0v) is 12.6. The summed E-state index contributed by atoms with van der Waals surface area (Å²) in [7, 11) is 0. The molecule has 1 aliphatic carbocycles. The highest BCUT2D eigenvalue weighted by molar-refractivity contribution is 5.44. The average molecular weight is 288 g/mol. The summed E-state index contributed by atoms with van der Waals surface area (Å²) in [4.78, 5) is 0. The molecular formula is C17H24N2O2. The molecule has 4 nitrogen and oxygen atoms in total. The van der Waals surface area contributed by atoms with E-state index in [-0.39, 0.29) is 5.54 Å². The molecule has 114 valence electrons. The van der Waals surface area contributed by atoms with Gasteiger partial charge in [-0.3, -0.25) is 0 Å². The summed E-state index contributed by atoms with van der Waals surface area (Å²) in [6, 6.07) is 6.72. The molecule has 3 rings (SSSR count). The van der Waals surface area contributed by atoms with Gasteiger partial charge in [-0.2, -0.15) is 0 Å². The van der Waals surface area contributed by atoms with Crippen molar-refractivity contribution in [3.63, 3.8) is 0 Å². The van der Waals surface area contributed by atoms with Crippen molar-refractivity contribution in [1.29, 1.82) is 0 Å². The van der Waals surface area contributed by atoms with Crippen molar-refractivity contribution in [2.24, 2.45) is 5.73 Å². The molecule has 1 aromatic rings. The van der Waals surface area contributed by atoms with E-state index in [0.717, 1.165) is 37.2 Å². The summed E-state index contributed by atoms with van der Waals surface area (Å²) >= 11 is 0. The van der Waals surface area contributed by atoms with Crippen LogP contribution in [0.25, 0.3) is 0 Å². The number of benzene rings is 1. The quantitative estimate of drug-likeness (QED) is 0.789. The smallest absolute Gasteiger partial charge is 0.231 e. The number of aryl methyl sites for hydroxylation is 1. The monoisotopic (exact) mass is 288 g/mol. The largest absolute Gasteiger partial charge is 0.454 e. The molecule has 21 heavy (non-hydrogen) atoms. The van der Waals surface area contributed by atoms with Gasteiger partial charge in [0.1, 0.15) is 0 Å². The molecule has 1 aromatic carbocycles. The Morgan fingerprint density at radius 1 is 1.24 bits per heavy atom. The molecule has 0 bridgehead atoms. The Morgan fingerprint density at radius 2 is 2.00 bits per heavy atom. The fourth-order valence-corrected chi connectivity index (χ4v) is 2.98. The van der Waals surface area contributed by atoms with E-state index in [0.29, 0.717) is 19.4 Å². The van der Waals surface area contributed by atoms with Gasteiger partial charge in [0, 0.05) is 18.1 Å². The van der Waals surface area contributed by atoms with Gasteiger partial charge in [-0.25, -0.2) is 0 Å². The molecule has 1 unspecified atom stereocenters. The Morgan fingerprint density at radius 3 is 2.76 bits per heavy atom. The molecule has 0 radical (unpaired) electrons. The lowest BCUT2D eigenvalue weighted by atomic mass is 9.91. The minimum Gasteiger partial charge on any atom is -0.454 e. The molecule has 0 fully saturated rings. The number of hydrogen-bond acceptors (Lipinski definition) is 4. The van der Waals surface area contributed by atoms with Crippen molar-refractivity contribution < 1.29 is 9.47 Å². The highest BCUT2D eigenvalue weighted by atomic mass is 16.7. The number of ether oxygens (including phenoxy) is 2. The van der Waals surface area contributed by atoms with Gasteiger partial charge >= 0.3 is 0 Å². The Bertz CT molecular complexity index is 522. The third kappa shape index (κ3) is 3.39. The van der Waals surface area contributed by atoms with Gasteiger partial charge in [0.25, 0.3) is 0 Å². The maximum atomic E-state index is 6.01. The van der Waals surface area contributed by atoms with Crippen LogP contribution in [-0.4, -0.2) is 24.9 Å². The van der Waals surface area contributed by atoms with Gasteiger partial charge in [0.2, 0.25) is 6.79 Å². The fraction of sp³-hybridized carbons (Fsp3) is 0.529. The number of fused-ring (bicyclic) bond motifs is 1. The van der Waals surface area contributed by atoms with E-state index >= 15 is 0 Å². The summed E-state index contributed by atoms with van der Waals surface area (Å²) in [6.07, 6.45) is 8.70. The van der Waals surface area contributed by atoms with Crippen LogP contribution in [-0.2, 0) is 6.42 Å². The maximum Gasteiger partial charge on any atom is 0.231 e. The predicted molar refractivity (Wildman–Crippen MR) is 83.6 cm³/mol. The molecule has 0 saturated heterocycles. The summed E-state index contributed by atoms with van der Waals surface area (Å²) in [5.41, 5.74) is 7.26. The van der Waals surface area contributed by atoms with E-state index in [1.54, 1.807) is 0 Å². The Hall–Kier alpha value is -1.52. The van der Waals surface area contributed by atoms with Crippen LogP contribution in [0, 0.1) is 0 Å². The zero-order chi connectivity index (χ0) is 14.7. The predicted octanol–water partition coefficient (Wildman–Crippen LogP) is 2.37. The number of hydrogen-bond donors (Lipinski definition) is 2. The summed E-state index contributed by atoms with van der Waals surface area (Å²) < 4.78 is 10.8. The van der Waals surface area contributed by atoms with Crippen LogP contribution < -0.4 is 20.5 Å². The van der Waals surface area contributed by atoms with E-state index in [2.05, 4.69) is 36.5 Å². The average Bonchev–Trinajstić information content (AvgIpc) is 3.15. The van der Waals surface area contributed by atoms with Gasteiger partial charge in [-0.05, 0) is 50.3 Å². The van der Waals surface area contributed by atoms with E-state index in [1.807, 2.05) is 6.07 Å². The highest BCUT2D eigenvalue weighted by Crippen LogP contribution is 2.33. The third-order valence-electron chi connectivity index (χ3n) is 4.41.